The second-order valence-corrected chi connectivity index (χ2v) is 9.82. The SMILES string of the molecule is C=CCOC(=O)[C@]1(CC=C(C)C)CCCCC/C1=N\[S+]([O-])C(C)(C)C. The summed E-state index contributed by atoms with van der Waals surface area (Å²) < 4.78 is 22.2. The number of carbonyl (C=O) groups is 1. The molecule has 0 aromatic heterocycles. The van der Waals surface area contributed by atoms with E-state index >= 15 is 0 Å². The van der Waals surface area contributed by atoms with Crippen LogP contribution in [-0.2, 0) is 20.9 Å². The molecule has 0 N–H and O–H groups in total. The molecule has 0 radical (unpaired) electrons. The molecule has 2 atom stereocenters. The van der Waals surface area contributed by atoms with Gasteiger partial charge in [0.25, 0.3) is 0 Å². The third-order valence-corrected chi connectivity index (χ3v) is 5.80. The molecule has 0 spiro atoms. The molecule has 0 aromatic carbocycles. The number of hydrogen-bond acceptors (Lipinski definition) is 4. The molecule has 0 bridgehead atoms. The van der Waals surface area contributed by atoms with E-state index in [-0.39, 0.29) is 12.6 Å². The number of ether oxygens (including phenoxy) is 1. The van der Waals surface area contributed by atoms with E-state index in [0.29, 0.717) is 19.3 Å². The monoisotopic (exact) mass is 367 g/mol. The minimum atomic E-state index is -1.39. The molecular weight excluding hydrogens is 334 g/mol. The zero-order valence-corrected chi connectivity index (χ0v) is 17.2. The van der Waals surface area contributed by atoms with E-state index < -0.39 is 21.5 Å². The van der Waals surface area contributed by atoms with Gasteiger partial charge in [-0.15, -0.1) is 0 Å². The average Bonchev–Trinajstić information content (AvgIpc) is 2.73. The topological polar surface area (TPSA) is 61.7 Å². The van der Waals surface area contributed by atoms with Gasteiger partial charge in [0.15, 0.2) is 0 Å². The molecule has 0 heterocycles. The van der Waals surface area contributed by atoms with Crippen LogP contribution in [0.15, 0.2) is 28.7 Å². The van der Waals surface area contributed by atoms with Crippen molar-refractivity contribution in [2.45, 2.75) is 77.9 Å². The lowest BCUT2D eigenvalue weighted by Gasteiger charge is -2.31. The second kappa shape index (κ2) is 9.58. The first-order valence-electron chi connectivity index (χ1n) is 9.05. The molecule has 1 unspecified atom stereocenters. The Kier molecular flexibility index (Phi) is 8.42. The third-order valence-electron chi connectivity index (χ3n) is 4.37. The van der Waals surface area contributed by atoms with E-state index in [1.165, 1.54) is 0 Å². The van der Waals surface area contributed by atoms with Crippen molar-refractivity contribution in [3.8, 4) is 0 Å². The van der Waals surface area contributed by atoms with Crippen LogP contribution in [0, 0.1) is 5.41 Å². The smallest absolute Gasteiger partial charge is 0.318 e. The molecule has 0 aromatic rings. The summed E-state index contributed by atoms with van der Waals surface area (Å²) in [7, 11) is 0. The standard InChI is InChI=1S/C20H33NO3S/c1-7-15-24-18(22)20(14-12-16(2)3)13-10-8-9-11-17(20)21-25(23)19(4,5)6/h7,12H,1,8-11,13-15H2,2-6H3/b21-17+/t20-,25?/m0/s1. The Bertz CT molecular complexity index is 530. The Hall–Kier alpha value is -1.07. The highest BCUT2D eigenvalue weighted by Gasteiger charge is 2.46. The summed E-state index contributed by atoms with van der Waals surface area (Å²) in [4.78, 5) is 13.0. The molecule has 0 aliphatic heterocycles. The molecule has 1 rings (SSSR count). The van der Waals surface area contributed by atoms with Crippen LogP contribution >= 0.6 is 0 Å². The number of rotatable bonds is 6. The van der Waals surface area contributed by atoms with Crippen molar-refractivity contribution >= 4 is 23.0 Å². The number of hydrogen-bond donors (Lipinski definition) is 0. The van der Waals surface area contributed by atoms with E-state index in [2.05, 4.69) is 17.1 Å². The molecule has 25 heavy (non-hydrogen) atoms. The van der Waals surface area contributed by atoms with Crippen molar-refractivity contribution in [2.75, 3.05) is 6.61 Å². The Labute approximate surface area is 156 Å². The molecule has 1 fully saturated rings. The van der Waals surface area contributed by atoms with Gasteiger partial charge in [0.2, 0.25) is 0 Å². The lowest BCUT2D eigenvalue weighted by Crippen LogP contribution is -2.41. The van der Waals surface area contributed by atoms with Crippen LogP contribution in [0.3, 0.4) is 0 Å². The first kappa shape index (κ1) is 22.0. The van der Waals surface area contributed by atoms with Gasteiger partial charge in [-0.3, -0.25) is 4.79 Å². The highest BCUT2D eigenvalue weighted by Crippen LogP contribution is 2.39. The number of allylic oxidation sites excluding steroid dienone is 2. The average molecular weight is 368 g/mol. The van der Waals surface area contributed by atoms with Gasteiger partial charge < -0.3 is 9.29 Å². The van der Waals surface area contributed by atoms with E-state index in [1.54, 1.807) is 6.08 Å². The summed E-state index contributed by atoms with van der Waals surface area (Å²) in [6, 6.07) is 0. The van der Waals surface area contributed by atoms with Gasteiger partial charge in [-0.1, -0.05) is 41.5 Å². The molecule has 142 valence electrons. The predicted molar refractivity (Wildman–Crippen MR) is 106 cm³/mol. The fourth-order valence-electron chi connectivity index (χ4n) is 2.82. The molecule has 5 heteroatoms. The van der Waals surface area contributed by atoms with E-state index in [4.69, 9.17) is 4.74 Å². The van der Waals surface area contributed by atoms with Crippen LogP contribution in [-0.4, -0.2) is 27.6 Å². The Morgan fingerprint density at radius 2 is 2.04 bits per heavy atom. The van der Waals surface area contributed by atoms with Gasteiger partial charge >= 0.3 is 5.97 Å². The van der Waals surface area contributed by atoms with Gasteiger partial charge in [-0.2, -0.15) is 0 Å². The van der Waals surface area contributed by atoms with Gasteiger partial charge in [0, 0.05) is 0 Å². The van der Waals surface area contributed by atoms with E-state index in [9.17, 15) is 9.35 Å². The molecule has 0 amide bonds. The first-order chi connectivity index (χ1) is 11.6. The minimum absolute atomic E-state index is 0.186. The Morgan fingerprint density at radius 3 is 2.60 bits per heavy atom. The number of nitrogens with zero attached hydrogens (tertiary/aromatic N) is 1. The first-order valence-corrected chi connectivity index (χ1v) is 10.2. The summed E-state index contributed by atoms with van der Waals surface area (Å²) in [5.41, 5.74) is 1.08. The minimum Gasteiger partial charge on any atom is -0.591 e. The van der Waals surface area contributed by atoms with Crippen molar-refractivity contribution in [1.29, 1.82) is 0 Å². The molecule has 1 aliphatic rings. The zero-order valence-electron chi connectivity index (χ0n) is 16.4. The van der Waals surface area contributed by atoms with Crippen LogP contribution < -0.4 is 0 Å². The van der Waals surface area contributed by atoms with Gasteiger partial charge in [-0.25, -0.2) is 0 Å². The van der Waals surface area contributed by atoms with Gasteiger partial charge in [0.1, 0.15) is 28.1 Å². The van der Waals surface area contributed by atoms with Crippen LogP contribution in [0.25, 0.3) is 0 Å². The van der Waals surface area contributed by atoms with Gasteiger partial charge in [0.05, 0.1) is 5.71 Å². The van der Waals surface area contributed by atoms with Crippen molar-refractivity contribution < 1.29 is 14.1 Å². The molecular formula is C20H33NO3S. The molecule has 1 aliphatic carbocycles. The number of esters is 1. The van der Waals surface area contributed by atoms with E-state index in [0.717, 1.165) is 30.5 Å². The summed E-state index contributed by atoms with van der Waals surface area (Å²) in [5, 5.41) is 0. The maximum atomic E-state index is 13.0. The lowest BCUT2D eigenvalue weighted by molar-refractivity contribution is -0.150. The zero-order chi connectivity index (χ0) is 19.1. The lowest BCUT2D eigenvalue weighted by atomic mass is 9.75. The normalized spacial score (nSPS) is 24.3. The maximum absolute atomic E-state index is 13.0. The fourth-order valence-corrected chi connectivity index (χ4v) is 3.56. The van der Waals surface area contributed by atoms with Crippen molar-refractivity contribution in [3.05, 3.63) is 24.3 Å². The molecule has 4 nitrogen and oxygen atoms in total. The predicted octanol–water partition coefficient (Wildman–Crippen LogP) is 4.93. The maximum Gasteiger partial charge on any atom is 0.318 e. The molecule has 1 saturated carbocycles. The van der Waals surface area contributed by atoms with Crippen molar-refractivity contribution in [1.82, 2.24) is 0 Å². The summed E-state index contributed by atoms with van der Waals surface area (Å²) >= 11 is -1.39. The van der Waals surface area contributed by atoms with Crippen LogP contribution in [0.5, 0.6) is 0 Å². The van der Waals surface area contributed by atoms with Crippen LogP contribution in [0.2, 0.25) is 0 Å². The number of carbonyl (C=O) groups excluding carboxylic acids is 1. The van der Waals surface area contributed by atoms with Crippen LogP contribution in [0.4, 0.5) is 0 Å². The largest absolute Gasteiger partial charge is 0.591 e. The Balaban J connectivity index is 3.36. The van der Waals surface area contributed by atoms with Crippen molar-refractivity contribution in [3.63, 3.8) is 0 Å². The second-order valence-electron chi connectivity index (χ2n) is 7.92. The highest BCUT2D eigenvalue weighted by molar-refractivity contribution is 7.91. The van der Waals surface area contributed by atoms with Crippen LogP contribution in [0.1, 0.15) is 73.1 Å². The highest BCUT2D eigenvalue weighted by atomic mass is 32.2. The Morgan fingerprint density at radius 1 is 1.36 bits per heavy atom. The van der Waals surface area contributed by atoms with Gasteiger partial charge in [-0.05, 0) is 60.3 Å². The quantitative estimate of drug-likeness (QED) is 0.289. The summed E-state index contributed by atoms with van der Waals surface area (Å²) in [6.07, 6.45) is 8.53. The fraction of sp³-hybridized carbons (Fsp3) is 0.700. The summed E-state index contributed by atoms with van der Waals surface area (Å²) in [5.74, 6) is -0.267. The molecule has 0 saturated heterocycles. The van der Waals surface area contributed by atoms with Crippen molar-refractivity contribution in [2.24, 2.45) is 9.81 Å². The summed E-state index contributed by atoms with van der Waals surface area (Å²) in [6.45, 7) is 13.5. The van der Waals surface area contributed by atoms with E-state index in [1.807, 2.05) is 34.6 Å². The third kappa shape index (κ3) is 6.30.